The maximum atomic E-state index is 12.3. The van der Waals surface area contributed by atoms with Gasteiger partial charge >= 0.3 is 0 Å². The topological polar surface area (TPSA) is 58.9 Å². The second kappa shape index (κ2) is 9.70. The van der Waals surface area contributed by atoms with Gasteiger partial charge in [0.1, 0.15) is 0 Å². The summed E-state index contributed by atoms with van der Waals surface area (Å²) in [4.78, 5) is 12.3. The van der Waals surface area contributed by atoms with Crippen LogP contribution >= 0.6 is 28.3 Å². The Hall–Kier alpha value is -1.37. The zero-order valence-corrected chi connectivity index (χ0v) is 15.7. The fourth-order valence-electron chi connectivity index (χ4n) is 2.24. The molecule has 0 radical (unpaired) electrons. The number of nitrogens with zero attached hydrogens (tertiary/aromatic N) is 2. The van der Waals surface area contributed by atoms with E-state index in [2.05, 4.69) is 31.7 Å². The molecule has 7 heteroatoms. The highest BCUT2D eigenvalue weighted by molar-refractivity contribution is 9.10. The summed E-state index contributed by atoms with van der Waals surface area (Å²) in [5.74, 6) is -0.0712. The molecule has 1 aromatic carbocycles. The van der Waals surface area contributed by atoms with Gasteiger partial charge in [-0.2, -0.15) is 5.10 Å². The molecule has 0 bridgehead atoms. The van der Waals surface area contributed by atoms with E-state index >= 15 is 0 Å². The number of hydrogen-bond acceptors (Lipinski definition) is 3. The summed E-state index contributed by atoms with van der Waals surface area (Å²) in [6.07, 6.45) is 2.38. The minimum atomic E-state index is -0.0712. The summed E-state index contributed by atoms with van der Waals surface area (Å²) in [6, 6.07) is 7.88. The number of benzene rings is 1. The van der Waals surface area contributed by atoms with E-state index in [1.807, 2.05) is 42.8 Å². The SMILES string of the molecule is CCNCCNC(=O)c1cnn(-c2ccc(Br)cc2)c1CC.Cl. The lowest BCUT2D eigenvalue weighted by atomic mass is 10.2. The standard InChI is InChI=1S/C16H21BrN4O.ClH/c1-3-15-14(16(22)19-10-9-18-4-2)11-20-21(15)13-7-5-12(17)6-8-13;/h5-8,11,18H,3-4,9-10H2,1-2H3,(H,19,22);1H. The van der Waals surface area contributed by atoms with Crippen LogP contribution in [-0.2, 0) is 6.42 Å². The lowest BCUT2D eigenvalue weighted by Crippen LogP contribution is -2.32. The molecule has 0 spiro atoms. The molecule has 2 aromatic rings. The first kappa shape index (κ1) is 19.7. The lowest BCUT2D eigenvalue weighted by molar-refractivity contribution is 0.0953. The van der Waals surface area contributed by atoms with Crippen molar-refractivity contribution in [2.45, 2.75) is 20.3 Å². The van der Waals surface area contributed by atoms with Crippen LogP contribution in [0.25, 0.3) is 5.69 Å². The highest BCUT2D eigenvalue weighted by atomic mass is 79.9. The van der Waals surface area contributed by atoms with Gasteiger partial charge in [0.05, 0.1) is 23.1 Å². The zero-order chi connectivity index (χ0) is 15.9. The molecular weight excluding hydrogens is 380 g/mol. The van der Waals surface area contributed by atoms with Gasteiger partial charge in [-0.25, -0.2) is 4.68 Å². The predicted molar refractivity (Wildman–Crippen MR) is 98.8 cm³/mol. The van der Waals surface area contributed by atoms with E-state index in [1.165, 1.54) is 0 Å². The third kappa shape index (κ3) is 5.06. The van der Waals surface area contributed by atoms with Gasteiger partial charge in [-0.15, -0.1) is 12.4 Å². The van der Waals surface area contributed by atoms with E-state index in [9.17, 15) is 4.79 Å². The third-order valence-electron chi connectivity index (χ3n) is 3.36. The monoisotopic (exact) mass is 400 g/mol. The van der Waals surface area contributed by atoms with E-state index in [0.29, 0.717) is 12.1 Å². The molecule has 1 aromatic heterocycles. The maximum absolute atomic E-state index is 12.3. The van der Waals surface area contributed by atoms with Crippen LogP contribution in [-0.4, -0.2) is 35.3 Å². The molecule has 0 atom stereocenters. The van der Waals surface area contributed by atoms with Gasteiger partial charge in [-0.05, 0) is 37.2 Å². The van der Waals surface area contributed by atoms with Crippen molar-refractivity contribution in [3.8, 4) is 5.69 Å². The van der Waals surface area contributed by atoms with Crippen molar-refractivity contribution in [2.75, 3.05) is 19.6 Å². The summed E-state index contributed by atoms with van der Waals surface area (Å²) >= 11 is 3.42. The number of aromatic nitrogens is 2. The van der Waals surface area contributed by atoms with Crippen LogP contribution in [0.3, 0.4) is 0 Å². The Kier molecular flexibility index (Phi) is 8.30. The van der Waals surface area contributed by atoms with Crippen molar-refractivity contribution in [1.29, 1.82) is 0 Å². The second-order valence-electron chi connectivity index (χ2n) is 4.86. The van der Waals surface area contributed by atoms with Gasteiger partial charge in [0.2, 0.25) is 0 Å². The summed E-state index contributed by atoms with van der Waals surface area (Å²) in [5, 5.41) is 10.5. The van der Waals surface area contributed by atoms with Gasteiger partial charge in [-0.1, -0.05) is 29.8 Å². The lowest BCUT2D eigenvalue weighted by Gasteiger charge is -2.09. The van der Waals surface area contributed by atoms with Gasteiger partial charge in [0.25, 0.3) is 5.91 Å². The Morgan fingerprint density at radius 1 is 1.22 bits per heavy atom. The van der Waals surface area contributed by atoms with E-state index in [1.54, 1.807) is 6.20 Å². The summed E-state index contributed by atoms with van der Waals surface area (Å²) in [6.45, 7) is 6.35. The van der Waals surface area contributed by atoms with Crippen LogP contribution in [0.4, 0.5) is 0 Å². The van der Waals surface area contributed by atoms with Crippen LogP contribution in [0.2, 0.25) is 0 Å². The first-order chi connectivity index (χ1) is 10.7. The quantitative estimate of drug-likeness (QED) is 0.701. The molecule has 0 aliphatic heterocycles. The second-order valence-corrected chi connectivity index (χ2v) is 5.77. The van der Waals surface area contributed by atoms with Crippen LogP contribution in [0.15, 0.2) is 34.9 Å². The van der Waals surface area contributed by atoms with Crippen molar-refractivity contribution in [2.24, 2.45) is 0 Å². The number of likely N-dealkylation sites (N-methyl/N-ethyl adjacent to an activating group) is 1. The van der Waals surface area contributed by atoms with E-state index in [4.69, 9.17) is 0 Å². The fourth-order valence-corrected chi connectivity index (χ4v) is 2.51. The Labute approximate surface area is 151 Å². The molecule has 1 amide bonds. The number of hydrogen-bond donors (Lipinski definition) is 2. The summed E-state index contributed by atoms with van der Waals surface area (Å²) in [7, 11) is 0. The zero-order valence-electron chi connectivity index (χ0n) is 13.3. The molecule has 0 saturated carbocycles. The summed E-state index contributed by atoms with van der Waals surface area (Å²) in [5.41, 5.74) is 2.51. The smallest absolute Gasteiger partial charge is 0.254 e. The Balaban J connectivity index is 0.00000264. The number of nitrogens with one attached hydrogen (secondary N) is 2. The van der Waals surface area contributed by atoms with Crippen LogP contribution in [0.5, 0.6) is 0 Å². The Bertz CT molecular complexity index is 628. The minimum Gasteiger partial charge on any atom is -0.351 e. The molecule has 2 rings (SSSR count). The van der Waals surface area contributed by atoms with Crippen LogP contribution in [0.1, 0.15) is 29.9 Å². The molecule has 126 valence electrons. The molecule has 1 heterocycles. The first-order valence-corrected chi connectivity index (χ1v) is 8.28. The van der Waals surface area contributed by atoms with Gasteiger partial charge in [0.15, 0.2) is 0 Å². The van der Waals surface area contributed by atoms with Gasteiger partial charge in [0, 0.05) is 17.6 Å². The molecule has 0 saturated heterocycles. The maximum Gasteiger partial charge on any atom is 0.254 e. The van der Waals surface area contributed by atoms with Gasteiger partial charge < -0.3 is 10.6 Å². The molecule has 23 heavy (non-hydrogen) atoms. The highest BCUT2D eigenvalue weighted by Crippen LogP contribution is 2.18. The molecular formula is C16H22BrClN4O. The number of halogens is 2. The van der Waals surface area contributed by atoms with Crippen molar-refractivity contribution in [3.63, 3.8) is 0 Å². The molecule has 0 fully saturated rings. The van der Waals surface area contributed by atoms with Crippen LogP contribution in [0, 0.1) is 0 Å². The summed E-state index contributed by atoms with van der Waals surface area (Å²) < 4.78 is 2.84. The van der Waals surface area contributed by atoms with E-state index in [-0.39, 0.29) is 18.3 Å². The average molecular weight is 402 g/mol. The van der Waals surface area contributed by atoms with Crippen molar-refractivity contribution < 1.29 is 4.79 Å². The highest BCUT2D eigenvalue weighted by Gasteiger charge is 2.16. The van der Waals surface area contributed by atoms with Crippen molar-refractivity contribution >= 4 is 34.2 Å². The van der Waals surface area contributed by atoms with Crippen LogP contribution < -0.4 is 10.6 Å². The molecule has 5 nitrogen and oxygen atoms in total. The molecule has 2 N–H and O–H groups in total. The minimum absolute atomic E-state index is 0. The van der Waals surface area contributed by atoms with E-state index in [0.717, 1.165) is 35.4 Å². The number of carbonyl (C=O) groups excluding carboxylic acids is 1. The Morgan fingerprint density at radius 2 is 1.91 bits per heavy atom. The van der Waals surface area contributed by atoms with Gasteiger partial charge in [-0.3, -0.25) is 4.79 Å². The number of rotatable bonds is 7. The number of amides is 1. The average Bonchev–Trinajstić information content (AvgIpc) is 2.96. The first-order valence-electron chi connectivity index (χ1n) is 7.49. The molecule has 0 unspecified atom stereocenters. The predicted octanol–water partition coefficient (Wildman–Crippen LogP) is 2.96. The third-order valence-corrected chi connectivity index (χ3v) is 3.89. The van der Waals surface area contributed by atoms with E-state index < -0.39 is 0 Å². The van der Waals surface area contributed by atoms with Crippen molar-refractivity contribution in [1.82, 2.24) is 20.4 Å². The Morgan fingerprint density at radius 3 is 2.52 bits per heavy atom. The fraction of sp³-hybridized carbons (Fsp3) is 0.375. The molecule has 0 aliphatic rings. The normalized spacial score (nSPS) is 10.2. The molecule has 0 aliphatic carbocycles. The largest absolute Gasteiger partial charge is 0.351 e. The van der Waals surface area contributed by atoms with Crippen molar-refractivity contribution in [3.05, 3.63) is 46.2 Å². The number of carbonyl (C=O) groups is 1.